The molecule has 2 aliphatic rings. The summed E-state index contributed by atoms with van der Waals surface area (Å²) >= 11 is 5.91. The van der Waals surface area contributed by atoms with E-state index >= 15 is 0 Å². The molecular formula is C22H33N3OS. The molecule has 0 bridgehead atoms. The normalized spacial score (nSPS) is 19.0. The van der Waals surface area contributed by atoms with E-state index in [0.717, 1.165) is 43.2 Å². The molecule has 4 nitrogen and oxygen atoms in total. The van der Waals surface area contributed by atoms with Crippen LogP contribution in [0.1, 0.15) is 64.4 Å². The van der Waals surface area contributed by atoms with Gasteiger partial charge in [0.15, 0.2) is 5.11 Å². The van der Waals surface area contributed by atoms with Crippen LogP contribution in [-0.4, -0.2) is 46.0 Å². The van der Waals surface area contributed by atoms with Crippen LogP contribution in [0.5, 0.6) is 0 Å². The Hall–Kier alpha value is -1.62. The van der Waals surface area contributed by atoms with Gasteiger partial charge in [0.05, 0.1) is 0 Å². The average molecular weight is 388 g/mol. The van der Waals surface area contributed by atoms with Gasteiger partial charge < -0.3 is 15.1 Å². The van der Waals surface area contributed by atoms with Crippen molar-refractivity contribution in [2.45, 2.75) is 77.3 Å². The Balaban J connectivity index is 1.73. The molecular weight excluding hydrogens is 354 g/mol. The van der Waals surface area contributed by atoms with Gasteiger partial charge in [-0.2, -0.15) is 0 Å². The molecule has 148 valence electrons. The summed E-state index contributed by atoms with van der Waals surface area (Å²) < 4.78 is 0. The van der Waals surface area contributed by atoms with E-state index in [1.165, 1.54) is 37.7 Å². The van der Waals surface area contributed by atoms with Gasteiger partial charge >= 0.3 is 0 Å². The molecule has 0 radical (unpaired) electrons. The second-order valence-electron chi connectivity index (χ2n) is 7.92. The van der Waals surface area contributed by atoms with E-state index in [1.807, 2.05) is 4.90 Å². The van der Waals surface area contributed by atoms with Crippen LogP contribution in [0.15, 0.2) is 24.3 Å². The van der Waals surface area contributed by atoms with Gasteiger partial charge in [-0.05, 0) is 62.0 Å². The van der Waals surface area contributed by atoms with Crippen LogP contribution in [0.4, 0.5) is 5.69 Å². The number of amides is 1. The smallest absolute Gasteiger partial charge is 0.219 e. The molecule has 1 aliphatic carbocycles. The minimum Gasteiger partial charge on any atom is -0.343 e. The SMILES string of the molecule is CCc1cccc(NC(=S)N(C2CCCCC2)C2CCN(C(C)=O)CC2)c1. The van der Waals surface area contributed by atoms with Gasteiger partial charge in [-0.3, -0.25) is 4.79 Å². The molecule has 1 aromatic rings. The van der Waals surface area contributed by atoms with E-state index < -0.39 is 0 Å². The van der Waals surface area contributed by atoms with Crippen molar-refractivity contribution in [1.82, 2.24) is 9.80 Å². The van der Waals surface area contributed by atoms with Crippen LogP contribution >= 0.6 is 12.2 Å². The molecule has 1 aromatic carbocycles. The minimum atomic E-state index is 0.190. The lowest BCUT2D eigenvalue weighted by Gasteiger charge is -2.45. The minimum absolute atomic E-state index is 0.190. The number of nitrogens with one attached hydrogen (secondary N) is 1. The summed E-state index contributed by atoms with van der Waals surface area (Å²) in [5.74, 6) is 0.190. The number of piperidine rings is 1. The van der Waals surface area contributed by atoms with Gasteiger partial charge in [0, 0.05) is 37.8 Å². The Labute approximate surface area is 169 Å². The number of hydrogen-bond acceptors (Lipinski definition) is 2. The molecule has 1 aliphatic heterocycles. The van der Waals surface area contributed by atoms with Gasteiger partial charge in [0.1, 0.15) is 0 Å². The van der Waals surface area contributed by atoms with E-state index in [0.29, 0.717) is 12.1 Å². The first-order valence-corrected chi connectivity index (χ1v) is 10.9. The highest BCUT2D eigenvalue weighted by Crippen LogP contribution is 2.29. The lowest BCUT2D eigenvalue weighted by molar-refractivity contribution is -0.130. The van der Waals surface area contributed by atoms with Crippen molar-refractivity contribution < 1.29 is 4.79 Å². The fourth-order valence-corrected chi connectivity index (χ4v) is 4.92. The first-order valence-electron chi connectivity index (χ1n) is 10.5. The van der Waals surface area contributed by atoms with Gasteiger partial charge in [-0.15, -0.1) is 0 Å². The molecule has 1 N–H and O–H groups in total. The number of hydrogen-bond donors (Lipinski definition) is 1. The Morgan fingerprint density at radius 1 is 1.15 bits per heavy atom. The highest BCUT2D eigenvalue weighted by atomic mass is 32.1. The molecule has 2 fully saturated rings. The molecule has 1 saturated heterocycles. The predicted octanol–water partition coefficient (Wildman–Crippen LogP) is 4.59. The van der Waals surface area contributed by atoms with Crippen molar-refractivity contribution in [3.05, 3.63) is 29.8 Å². The van der Waals surface area contributed by atoms with Crippen LogP contribution in [-0.2, 0) is 11.2 Å². The monoisotopic (exact) mass is 387 g/mol. The molecule has 1 amide bonds. The highest BCUT2D eigenvalue weighted by molar-refractivity contribution is 7.80. The molecule has 1 saturated carbocycles. The number of likely N-dealkylation sites (tertiary alicyclic amines) is 1. The van der Waals surface area contributed by atoms with Crippen molar-refractivity contribution in [2.24, 2.45) is 0 Å². The van der Waals surface area contributed by atoms with Crippen molar-refractivity contribution in [2.75, 3.05) is 18.4 Å². The zero-order valence-corrected chi connectivity index (χ0v) is 17.6. The number of nitrogens with zero attached hydrogens (tertiary/aromatic N) is 2. The maximum absolute atomic E-state index is 11.7. The summed E-state index contributed by atoms with van der Waals surface area (Å²) in [5, 5.41) is 4.38. The summed E-state index contributed by atoms with van der Waals surface area (Å²) in [4.78, 5) is 16.1. The zero-order chi connectivity index (χ0) is 19.2. The van der Waals surface area contributed by atoms with Crippen LogP contribution in [0.2, 0.25) is 0 Å². The van der Waals surface area contributed by atoms with Crippen molar-refractivity contribution in [3.63, 3.8) is 0 Å². The Kier molecular flexibility index (Phi) is 7.11. The standard InChI is InChI=1S/C22H33N3OS/c1-3-18-8-7-9-19(16-18)23-22(27)25(20-10-5-4-6-11-20)21-12-14-24(15-13-21)17(2)26/h7-9,16,20-21H,3-6,10-15H2,1-2H3,(H,23,27). The summed E-state index contributed by atoms with van der Waals surface area (Å²) in [7, 11) is 0. The third-order valence-electron chi connectivity index (χ3n) is 6.09. The number of anilines is 1. The Bertz CT molecular complexity index is 649. The van der Waals surface area contributed by atoms with E-state index in [4.69, 9.17) is 12.2 Å². The largest absolute Gasteiger partial charge is 0.343 e. The van der Waals surface area contributed by atoms with Gasteiger partial charge in [-0.25, -0.2) is 0 Å². The maximum atomic E-state index is 11.7. The molecule has 0 spiro atoms. The van der Waals surface area contributed by atoms with Gasteiger partial charge in [0.2, 0.25) is 5.91 Å². The fourth-order valence-electron chi connectivity index (χ4n) is 4.50. The molecule has 0 atom stereocenters. The number of carbonyl (C=O) groups is 1. The summed E-state index contributed by atoms with van der Waals surface area (Å²) in [6.45, 7) is 5.54. The molecule has 27 heavy (non-hydrogen) atoms. The number of benzene rings is 1. The van der Waals surface area contributed by atoms with Crippen LogP contribution < -0.4 is 5.32 Å². The lowest BCUT2D eigenvalue weighted by atomic mass is 9.91. The Morgan fingerprint density at radius 2 is 1.81 bits per heavy atom. The molecule has 0 aromatic heterocycles. The van der Waals surface area contributed by atoms with Crippen LogP contribution in [0.25, 0.3) is 0 Å². The third kappa shape index (κ3) is 5.22. The molecule has 1 heterocycles. The Morgan fingerprint density at radius 3 is 2.44 bits per heavy atom. The first-order chi connectivity index (χ1) is 13.1. The van der Waals surface area contributed by atoms with E-state index in [1.54, 1.807) is 6.92 Å². The molecule has 3 rings (SSSR count). The summed E-state index contributed by atoms with van der Waals surface area (Å²) in [6, 6.07) is 9.51. The topological polar surface area (TPSA) is 35.6 Å². The number of aryl methyl sites for hydroxylation is 1. The van der Waals surface area contributed by atoms with E-state index in [9.17, 15) is 4.79 Å². The van der Waals surface area contributed by atoms with Crippen molar-refractivity contribution >= 4 is 28.9 Å². The number of thiocarbonyl (C=S) groups is 1. The summed E-state index contributed by atoms with van der Waals surface area (Å²) in [5.41, 5.74) is 2.41. The second kappa shape index (κ2) is 9.54. The predicted molar refractivity (Wildman–Crippen MR) is 116 cm³/mol. The van der Waals surface area contributed by atoms with Crippen LogP contribution in [0, 0.1) is 0 Å². The van der Waals surface area contributed by atoms with Gasteiger partial charge in [-0.1, -0.05) is 38.3 Å². The number of rotatable bonds is 4. The summed E-state index contributed by atoms with van der Waals surface area (Å²) in [6.07, 6.45) is 9.42. The molecule has 5 heteroatoms. The van der Waals surface area contributed by atoms with Gasteiger partial charge in [0.25, 0.3) is 0 Å². The zero-order valence-electron chi connectivity index (χ0n) is 16.7. The second-order valence-corrected chi connectivity index (χ2v) is 8.31. The van der Waals surface area contributed by atoms with Crippen molar-refractivity contribution in [3.8, 4) is 0 Å². The first kappa shape index (κ1) is 20.1. The highest BCUT2D eigenvalue weighted by Gasteiger charge is 2.32. The number of carbonyl (C=O) groups excluding carboxylic acids is 1. The third-order valence-corrected chi connectivity index (χ3v) is 6.41. The molecule has 0 unspecified atom stereocenters. The van der Waals surface area contributed by atoms with E-state index in [2.05, 4.69) is 41.4 Å². The quantitative estimate of drug-likeness (QED) is 0.767. The van der Waals surface area contributed by atoms with Crippen molar-refractivity contribution in [1.29, 1.82) is 0 Å². The van der Waals surface area contributed by atoms with Crippen LogP contribution in [0.3, 0.4) is 0 Å². The van der Waals surface area contributed by atoms with E-state index in [-0.39, 0.29) is 5.91 Å². The lowest BCUT2D eigenvalue weighted by Crippen LogP contribution is -2.54. The maximum Gasteiger partial charge on any atom is 0.219 e. The fraction of sp³-hybridized carbons (Fsp3) is 0.636. The average Bonchev–Trinajstić information content (AvgIpc) is 2.69.